The molecule has 6 heteroatoms. The fourth-order valence-electron chi connectivity index (χ4n) is 1.13. The summed E-state index contributed by atoms with van der Waals surface area (Å²) in [6, 6.07) is 7.63. The summed E-state index contributed by atoms with van der Waals surface area (Å²) in [5.41, 5.74) is 0.515. The van der Waals surface area contributed by atoms with E-state index in [1.165, 1.54) is 6.92 Å². The zero-order chi connectivity index (χ0) is 13.5. The summed E-state index contributed by atoms with van der Waals surface area (Å²) in [6.45, 7) is 1.36. The summed E-state index contributed by atoms with van der Waals surface area (Å²) in [5.74, 6) is -1.67. The molecule has 0 unspecified atom stereocenters. The van der Waals surface area contributed by atoms with E-state index < -0.39 is 17.9 Å². The van der Waals surface area contributed by atoms with Gasteiger partial charge < -0.3 is 10.4 Å². The third-order valence-electron chi connectivity index (χ3n) is 2.09. The number of rotatable bonds is 5. The van der Waals surface area contributed by atoms with Gasteiger partial charge in [0, 0.05) is 5.56 Å². The molecule has 0 saturated heterocycles. The Morgan fingerprint density at radius 3 is 2.44 bits per heavy atom. The van der Waals surface area contributed by atoms with Gasteiger partial charge in [-0.1, -0.05) is 42.1 Å². The topological polar surface area (TPSA) is 83.5 Å². The van der Waals surface area contributed by atoms with Gasteiger partial charge in [0.15, 0.2) is 0 Å². The number of amides is 1. The summed E-state index contributed by atoms with van der Waals surface area (Å²) in [6.07, 6.45) is 0. The molecule has 96 valence electrons. The van der Waals surface area contributed by atoms with Crippen molar-refractivity contribution < 1.29 is 19.5 Å². The van der Waals surface area contributed by atoms with E-state index in [-0.39, 0.29) is 10.9 Å². The Labute approximate surface area is 109 Å². The lowest BCUT2D eigenvalue weighted by atomic mass is 10.2. The van der Waals surface area contributed by atoms with Crippen molar-refractivity contribution in [1.82, 2.24) is 5.32 Å². The maximum absolute atomic E-state index is 11.6. The molecular formula is C12H13NO4S. The summed E-state index contributed by atoms with van der Waals surface area (Å²) in [5, 5.41) is 10.7. The van der Waals surface area contributed by atoms with Gasteiger partial charge in [0.2, 0.25) is 11.0 Å². The largest absolute Gasteiger partial charge is 0.480 e. The molecule has 1 atom stereocenters. The molecule has 0 aromatic heterocycles. The van der Waals surface area contributed by atoms with E-state index in [4.69, 9.17) is 5.11 Å². The molecule has 0 heterocycles. The number of carbonyl (C=O) groups is 3. The number of thioether (sulfide) groups is 1. The first kappa shape index (κ1) is 14.2. The fraction of sp³-hybridized carbons (Fsp3) is 0.250. The van der Waals surface area contributed by atoms with E-state index in [2.05, 4.69) is 5.32 Å². The van der Waals surface area contributed by atoms with Gasteiger partial charge in [0.25, 0.3) is 0 Å². The minimum atomic E-state index is -1.11. The van der Waals surface area contributed by atoms with Crippen molar-refractivity contribution in [3.8, 4) is 0 Å². The van der Waals surface area contributed by atoms with Gasteiger partial charge in [0.05, 0.1) is 5.75 Å². The molecule has 1 aromatic carbocycles. The summed E-state index contributed by atoms with van der Waals surface area (Å²) in [7, 11) is 0. The van der Waals surface area contributed by atoms with Crippen molar-refractivity contribution in [3.05, 3.63) is 35.9 Å². The van der Waals surface area contributed by atoms with E-state index in [1.54, 1.807) is 30.3 Å². The standard InChI is InChI=1S/C12H13NO4S/c1-8(11(15)16)13-10(14)7-18-12(17)9-5-3-2-4-6-9/h2-6,8H,7H2,1H3,(H,13,14)(H,15,16)/t8-/m0/s1. The lowest BCUT2D eigenvalue weighted by Crippen LogP contribution is -2.39. The average Bonchev–Trinajstić information content (AvgIpc) is 2.36. The van der Waals surface area contributed by atoms with Gasteiger partial charge in [-0.05, 0) is 6.92 Å². The molecule has 0 saturated carbocycles. The van der Waals surface area contributed by atoms with Gasteiger partial charge in [-0.25, -0.2) is 0 Å². The predicted octanol–water partition coefficient (Wildman–Crippen LogP) is 1.15. The van der Waals surface area contributed by atoms with Crippen molar-refractivity contribution >= 4 is 28.8 Å². The molecule has 18 heavy (non-hydrogen) atoms. The number of hydrogen-bond acceptors (Lipinski definition) is 4. The van der Waals surface area contributed by atoms with Crippen LogP contribution in [0.3, 0.4) is 0 Å². The SMILES string of the molecule is C[C@H](NC(=O)CSC(=O)c1ccccc1)C(=O)O. The maximum atomic E-state index is 11.6. The molecule has 2 N–H and O–H groups in total. The lowest BCUT2D eigenvalue weighted by Gasteiger charge is -2.08. The van der Waals surface area contributed by atoms with Gasteiger partial charge in [0.1, 0.15) is 6.04 Å². The molecule has 0 fully saturated rings. The van der Waals surface area contributed by atoms with Crippen LogP contribution in [0.15, 0.2) is 30.3 Å². The first-order valence-electron chi connectivity index (χ1n) is 5.25. The fourth-order valence-corrected chi connectivity index (χ4v) is 1.78. The van der Waals surface area contributed by atoms with E-state index in [9.17, 15) is 14.4 Å². The minimum Gasteiger partial charge on any atom is -0.480 e. The van der Waals surface area contributed by atoms with Crippen LogP contribution in [0.2, 0.25) is 0 Å². The zero-order valence-corrected chi connectivity index (χ0v) is 10.6. The van der Waals surface area contributed by atoms with Gasteiger partial charge in [-0.3, -0.25) is 14.4 Å². The normalized spacial score (nSPS) is 11.6. The monoisotopic (exact) mass is 267 g/mol. The molecule has 1 rings (SSSR count). The Kier molecular flexibility index (Phi) is 5.38. The molecule has 0 aliphatic heterocycles. The highest BCUT2D eigenvalue weighted by molar-refractivity contribution is 8.14. The van der Waals surface area contributed by atoms with Crippen molar-refractivity contribution in [2.45, 2.75) is 13.0 Å². The van der Waals surface area contributed by atoms with Crippen LogP contribution in [0, 0.1) is 0 Å². The zero-order valence-electron chi connectivity index (χ0n) is 9.75. The van der Waals surface area contributed by atoms with Crippen molar-refractivity contribution in [1.29, 1.82) is 0 Å². The Balaban J connectivity index is 2.40. The minimum absolute atomic E-state index is 0.0919. The first-order chi connectivity index (χ1) is 8.50. The average molecular weight is 267 g/mol. The third-order valence-corrected chi connectivity index (χ3v) is 3.00. The molecule has 1 amide bonds. The van der Waals surface area contributed by atoms with E-state index in [0.29, 0.717) is 5.56 Å². The van der Waals surface area contributed by atoms with Crippen LogP contribution >= 0.6 is 11.8 Å². The number of benzene rings is 1. The second-order valence-corrected chi connectivity index (χ2v) is 4.52. The van der Waals surface area contributed by atoms with Gasteiger partial charge >= 0.3 is 5.97 Å². The Morgan fingerprint density at radius 1 is 1.28 bits per heavy atom. The number of carbonyl (C=O) groups excluding carboxylic acids is 2. The maximum Gasteiger partial charge on any atom is 0.325 e. The number of carboxylic acid groups (broad SMARTS) is 1. The highest BCUT2D eigenvalue weighted by Crippen LogP contribution is 2.11. The second-order valence-electron chi connectivity index (χ2n) is 3.57. The van der Waals surface area contributed by atoms with Gasteiger partial charge in [-0.2, -0.15) is 0 Å². The molecule has 5 nitrogen and oxygen atoms in total. The molecule has 0 bridgehead atoms. The highest BCUT2D eigenvalue weighted by atomic mass is 32.2. The van der Waals surface area contributed by atoms with Gasteiger partial charge in [-0.15, -0.1) is 0 Å². The van der Waals surface area contributed by atoms with E-state index >= 15 is 0 Å². The molecule has 0 aliphatic rings. The number of carboxylic acids is 1. The Bertz CT molecular complexity index is 447. The first-order valence-corrected chi connectivity index (χ1v) is 6.23. The quantitative estimate of drug-likeness (QED) is 0.836. The van der Waals surface area contributed by atoms with Crippen LogP contribution in [0.5, 0.6) is 0 Å². The Hall–Kier alpha value is -1.82. The smallest absolute Gasteiger partial charge is 0.325 e. The highest BCUT2D eigenvalue weighted by Gasteiger charge is 2.15. The van der Waals surface area contributed by atoms with Crippen LogP contribution in [0.4, 0.5) is 0 Å². The summed E-state index contributed by atoms with van der Waals surface area (Å²) >= 11 is 0.847. The van der Waals surface area contributed by atoms with Crippen LogP contribution in [-0.2, 0) is 9.59 Å². The van der Waals surface area contributed by atoms with Crippen LogP contribution < -0.4 is 5.32 Å². The van der Waals surface area contributed by atoms with Crippen LogP contribution in [0.1, 0.15) is 17.3 Å². The second kappa shape index (κ2) is 6.80. The summed E-state index contributed by atoms with van der Waals surface area (Å²) < 4.78 is 0. The van der Waals surface area contributed by atoms with Crippen molar-refractivity contribution in [3.63, 3.8) is 0 Å². The predicted molar refractivity (Wildman–Crippen MR) is 68.5 cm³/mol. The third kappa shape index (κ3) is 4.58. The number of hydrogen-bond donors (Lipinski definition) is 2. The molecular weight excluding hydrogens is 254 g/mol. The van der Waals surface area contributed by atoms with Crippen molar-refractivity contribution in [2.24, 2.45) is 0 Å². The Morgan fingerprint density at radius 2 is 1.89 bits per heavy atom. The summed E-state index contributed by atoms with van der Waals surface area (Å²) in [4.78, 5) is 33.5. The molecule has 0 radical (unpaired) electrons. The van der Waals surface area contributed by atoms with Crippen LogP contribution in [-0.4, -0.2) is 33.9 Å². The number of aliphatic carboxylic acids is 1. The molecule has 0 aliphatic carbocycles. The molecule has 1 aromatic rings. The van der Waals surface area contributed by atoms with Crippen LogP contribution in [0.25, 0.3) is 0 Å². The van der Waals surface area contributed by atoms with Crippen molar-refractivity contribution in [2.75, 3.05) is 5.75 Å². The van der Waals surface area contributed by atoms with E-state index in [0.717, 1.165) is 11.8 Å². The van der Waals surface area contributed by atoms with E-state index in [1.807, 2.05) is 0 Å². The number of nitrogens with one attached hydrogen (secondary N) is 1. The lowest BCUT2D eigenvalue weighted by molar-refractivity contribution is -0.140. The molecule has 0 spiro atoms.